The second kappa shape index (κ2) is 9.66. The van der Waals surface area contributed by atoms with Gasteiger partial charge in [-0.05, 0) is 18.4 Å². The van der Waals surface area contributed by atoms with E-state index in [1.807, 2.05) is 30.3 Å². The van der Waals surface area contributed by atoms with Gasteiger partial charge in [-0.25, -0.2) is 4.79 Å². The molecular formula is C18H26N4O3. The third kappa shape index (κ3) is 6.82. The number of urea groups is 1. The standard InChI is InChI=1S/C18H26N4O3/c19-17(24)15(11-13-7-3-1-4-8-13)22-16(23)12-20-18(25)21-14-9-5-2-6-10-14/h1,3-4,7-8,14-15H,2,5-6,9-12H2,(H2,19,24)(H,22,23)(H2,20,21,25). The Balaban J connectivity index is 1.74. The molecule has 0 bridgehead atoms. The summed E-state index contributed by atoms with van der Waals surface area (Å²) >= 11 is 0. The van der Waals surface area contributed by atoms with Gasteiger partial charge in [0.05, 0.1) is 6.54 Å². The largest absolute Gasteiger partial charge is 0.368 e. The van der Waals surface area contributed by atoms with Crippen LogP contribution in [0.2, 0.25) is 0 Å². The van der Waals surface area contributed by atoms with E-state index in [1.54, 1.807) is 0 Å². The SMILES string of the molecule is NC(=O)C(Cc1ccccc1)NC(=O)CNC(=O)NC1CCCCC1. The van der Waals surface area contributed by atoms with Gasteiger partial charge in [0, 0.05) is 12.5 Å². The molecule has 1 aromatic rings. The Morgan fingerprint density at radius 1 is 1.08 bits per heavy atom. The van der Waals surface area contributed by atoms with Crippen LogP contribution in [0.15, 0.2) is 30.3 Å². The molecule has 0 aromatic heterocycles. The first-order chi connectivity index (χ1) is 12.0. The quantitative estimate of drug-likeness (QED) is 0.586. The molecule has 1 saturated carbocycles. The van der Waals surface area contributed by atoms with E-state index >= 15 is 0 Å². The predicted molar refractivity (Wildman–Crippen MR) is 94.7 cm³/mol. The van der Waals surface area contributed by atoms with Crippen molar-refractivity contribution in [2.45, 2.75) is 50.6 Å². The van der Waals surface area contributed by atoms with Crippen molar-refractivity contribution in [1.82, 2.24) is 16.0 Å². The van der Waals surface area contributed by atoms with Gasteiger partial charge in [-0.15, -0.1) is 0 Å². The van der Waals surface area contributed by atoms with Crippen molar-refractivity contribution >= 4 is 17.8 Å². The Morgan fingerprint density at radius 3 is 2.40 bits per heavy atom. The minimum atomic E-state index is -0.807. The van der Waals surface area contributed by atoms with Crippen LogP contribution in [0.5, 0.6) is 0 Å². The van der Waals surface area contributed by atoms with Gasteiger partial charge in [0.2, 0.25) is 11.8 Å². The molecule has 1 unspecified atom stereocenters. The molecule has 5 N–H and O–H groups in total. The normalized spacial score (nSPS) is 15.8. The van der Waals surface area contributed by atoms with Gasteiger partial charge in [-0.1, -0.05) is 49.6 Å². The van der Waals surface area contributed by atoms with Gasteiger partial charge in [-0.3, -0.25) is 9.59 Å². The Kier molecular flexibility index (Phi) is 7.25. The fraction of sp³-hybridized carbons (Fsp3) is 0.500. The molecule has 1 fully saturated rings. The molecule has 1 aromatic carbocycles. The highest BCUT2D eigenvalue weighted by atomic mass is 16.2. The molecule has 1 atom stereocenters. The van der Waals surface area contributed by atoms with E-state index in [0.717, 1.165) is 31.2 Å². The Labute approximate surface area is 147 Å². The molecule has 2 rings (SSSR count). The zero-order chi connectivity index (χ0) is 18.1. The number of primary amides is 1. The lowest BCUT2D eigenvalue weighted by Gasteiger charge is -2.23. The zero-order valence-corrected chi connectivity index (χ0v) is 14.3. The molecule has 1 aliphatic rings. The average Bonchev–Trinajstić information content (AvgIpc) is 2.61. The highest BCUT2D eigenvalue weighted by Crippen LogP contribution is 2.17. The number of carbonyl (C=O) groups is 3. The molecule has 4 amide bonds. The summed E-state index contributed by atoms with van der Waals surface area (Å²) in [6.45, 7) is -0.197. The van der Waals surface area contributed by atoms with Crippen molar-refractivity contribution < 1.29 is 14.4 Å². The molecule has 0 aliphatic heterocycles. The van der Waals surface area contributed by atoms with Gasteiger partial charge >= 0.3 is 6.03 Å². The summed E-state index contributed by atoms with van der Waals surface area (Å²) in [5.41, 5.74) is 6.26. The molecular weight excluding hydrogens is 320 g/mol. The van der Waals surface area contributed by atoms with Gasteiger partial charge in [0.25, 0.3) is 0 Å². The molecule has 7 heteroatoms. The number of rotatable bonds is 7. The highest BCUT2D eigenvalue weighted by Gasteiger charge is 2.20. The molecule has 0 saturated heterocycles. The summed E-state index contributed by atoms with van der Waals surface area (Å²) < 4.78 is 0. The molecule has 0 heterocycles. The van der Waals surface area contributed by atoms with Gasteiger partial charge < -0.3 is 21.7 Å². The topological polar surface area (TPSA) is 113 Å². The highest BCUT2D eigenvalue weighted by molar-refractivity contribution is 5.89. The fourth-order valence-corrected chi connectivity index (χ4v) is 2.96. The van der Waals surface area contributed by atoms with Crippen molar-refractivity contribution in [3.8, 4) is 0 Å². The molecule has 7 nitrogen and oxygen atoms in total. The van der Waals surface area contributed by atoms with Crippen LogP contribution in [0.25, 0.3) is 0 Å². The number of carbonyl (C=O) groups excluding carboxylic acids is 3. The third-order valence-corrected chi connectivity index (χ3v) is 4.31. The third-order valence-electron chi connectivity index (χ3n) is 4.31. The van der Waals surface area contributed by atoms with E-state index in [-0.39, 0.29) is 18.6 Å². The van der Waals surface area contributed by atoms with E-state index in [2.05, 4.69) is 16.0 Å². The zero-order valence-electron chi connectivity index (χ0n) is 14.3. The smallest absolute Gasteiger partial charge is 0.315 e. The number of hydrogen-bond donors (Lipinski definition) is 4. The lowest BCUT2D eigenvalue weighted by atomic mass is 9.96. The number of nitrogens with two attached hydrogens (primary N) is 1. The maximum absolute atomic E-state index is 12.0. The fourth-order valence-electron chi connectivity index (χ4n) is 2.96. The van der Waals surface area contributed by atoms with Crippen LogP contribution >= 0.6 is 0 Å². The minimum absolute atomic E-state index is 0.174. The molecule has 1 aliphatic carbocycles. The monoisotopic (exact) mass is 346 g/mol. The first kappa shape index (κ1) is 18.8. The second-order valence-electron chi connectivity index (χ2n) is 6.37. The summed E-state index contributed by atoms with van der Waals surface area (Å²) in [6, 6.07) is 8.30. The Bertz CT molecular complexity index is 585. The van der Waals surface area contributed by atoms with Crippen molar-refractivity contribution in [3.63, 3.8) is 0 Å². The first-order valence-electron chi connectivity index (χ1n) is 8.71. The van der Waals surface area contributed by atoms with E-state index in [1.165, 1.54) is 6.42 Å². The van der Waals surface area contributed by atoms with Crippen LogP contribution in [0.4, 0.5) is 4.79 Å². The number of benzene rings is 1. The van der Waals surface area contributed by atoms with Crippen molar-refractivity contribution in [2.24, 2.45) is 5.73 Å². The van der Waals surface area contributed by atoms with E-state index < -0.39 is 17.9 Å². The van der Waals surface area contributed by atoms with E-state index in [0.29, 0.717) is 6.42 Å². The average molecular weight is 346 g/mol. The molecule has 0 radical (unpaired) electrons. The van der Waals surface area contributed by atoms with E-state index in [9.17, 15) is 14.4 Å². The van der Waals surface area contributed by atoms with Crippen LogP contribution < -0.4 is 21.7 Å². The predicted octanol–water partition coefficient (Wildman–Crippen LogP) is 0.831. The number of amides is 4. The van der Waals surface area contributed by atoms with Crippen molar-refractivity contribution in [1.29, 1.82) is 0 Å². The maximum Gasteiger partial charge on any atom is 0.315 e. The molecule has 0 spiro atoms. The van der Waals surface area contributed by atoms with Gasteiger partial charge in [0.15, 0.2) is 0 Å². The summed E-state index contributed by atoms with van der Waals surface area (Å²) in [6.07, 6.45) is 5.70. The summed E-state index contributed by atoms with van der Waals surface area (Å²) in [7, 11) is 0. The number of hydrogen-bond acceptors (Lipinski definition) is 3. The molecule has 136 valence electrons. The number of nitrogens with one attached hydrogen (secondary N) is 3. The van der Waals surface area contributed by atoms with Crippen molar-refractivity contribution in [2.75, 3.05) is 6.54 Å². The first-order valence-corrected chi connectivity index (χ1v) is 8.71. The Hall–Kier alpha value is -2.57. The van der Waals surface area contributed by atoms with Crippen LogP contribution in [-0.2, 0) is 16.0 Å². The van der Waals surface area contributed by atoms with Crippen LogP contribution in [0.1, 0.15) is 37.7 Å². The second-order valence-corrected chi connectivity index (χ2v) is 6.37. The van der Waals surface area contributed by atoms with Crippen molar-refractivity contribution in [3.05, 3.63) is 35.9 Å². The minimum Gasteiger partial charge on any atom is -0.368 e. The maximum atomic E-state index is 12.0. The summed E-state index contributed by atoms with van der Waals surface area (Å²) in [4.78, 5) is 35.4. The van der Waals surface area contributed by atoms with Crippen LogP contribution in [-0.4, -0.2) is 36.5 Å². The van der Waals surface area contributed by atoms with Crippen LogP contribution in [0, 0.1) is 0 Å². The van der Waals surface area contributed by atoms with Gasteiger partial charge in [-0.2, -0.15) is 0 Å². The molecule has 25 heavy (non-hydrogen) atoms. The lowest BCUT2D eigenvalue weighted by Crippen LogP contribution is -2.51. The van der Waals surface area contributed by atoms with E-state index in [4.69, 9.17) is 5.73 Å². The summed E-state index contributed by atoms with van der Waals surface area (Å²) in [5, 5.41) is 7.96. The Morgan fingerprint density at radius 2 is 1.76 bits per heavy atom. The lowest BCUT2D eigenvalue weighted by molar-refractivity contribution is -0.126. The summed E-state index contributed by atoms with van der Waals surface area (Å²) in [5.74, 6) is -1.05. The van der Waals surface area contributed by atoms with Crippen LogP contribution in [0.3, 0.4) is 0 Å². The van der Waals surface area contributed by atoms with Gasteiger partial charge in [0.1, 0.15) is 6.04 Å².